The van der Waals surface area contributed by atoms with Crippen LogP contribution in [0, 0.1) is 12.8 Å². The first-order valence-electron chi connectivity index (χ1n) is 8.12. The molecule has 0 bridgehead atoms. The number of ether oxygens (including phenoxy) is 1. The van der Waals surface area contributed by atoms with Gasteiger partial charge in [-0.2, -0.15) is 5.10 Å². The lowest BCUT2D eigenvalue weighted by atomic mass is 10.0. The third-order valence-corrected chi connectivity index (χ3v) is 3.97. The van der Waals surface area contributed by atoms with E-state index < -0.39 is 0 Å². The molecule has 0 saturated carbocycles. The van der Waals surface area contributed by atoms with Crippen LogP contribution < -0.4 is 10.1 Å². The minimum Gasteiger partial charge on any atom is -0.497 e. The molecule has 0 aliphatic rings. The molecule has 2 N–H and O–H groups in total. The van der Waals surface area contributed by atoms with Crippen LogP contribution in [0.1, 0.15) is 42.0 Å². The number of methoxy groups -OCH3 is 1. The van der Waals surface area contributed by atoms with Crippen LogP contribution >= 0.6 is 0 Å². The molecule has 7 heteroatoms. The Hall–Kier alpha value is -2.96. The van der Waals surface area contributed by atoms with E-state index in [0.29, 0.717) is 17.3 Å². The highest BCUT2D eigenvalue weighted by atomic mass is 16.5. The summed E-state index contributed by atoms with van der Waals surface area (Å²) < 4.78 is 5.21. The van der Waals surface area contributed by atoms with E-state index in [1.54, 1.807) is 13.2 Å². The van der Waals surface area contributed by atoms with Crippen molar-refractivity contribution in [3.8, 4) is 5.75 Å². The highest BCUT2D eigenvalue weighted by Crippen LogP contribution is 2.21. The Morgan fingerprint density at radius 2 is 2.00 bits per heavy atom. The van der Waals surface area contributed by atoms with Crippen molar-refractivity contribution in [2.75, 3.05) is 7.11 Å². The Kier molecular flexibility index (Phi) is 4.65. The van der Waals surface area contributed by atoms with Gasteiger partial charge < -0.3 is 10.1 Å². The fourth-order valence-electron chi connectivity index (χ4n) is 2.60. The van der Waals surface area contributed by atoms with E-state index in [1.807, 2.05) is 45.0 Å². The van der Waals surface area contributed by atoms with E-state index in [2.05, 4.69) is 25.5 Å². The van der Waals surface area contributed by atoms with Gasteiger partial charge in [-0.3, -0.25) is 9.89 Å². The molecule has 1 aromatic carbocycles. The molecule has 0 unspecified atom stereocenters. The molecule has 0 aliphatic heterocycles. The molecule has 1 atom stereocenters. The van der Waals surface area contributed by atoms with Gasteiger partial charge in [-0.15, -0.1) is 0 Å². The van der Waals surface area contributed by atoms with Crippen molar-refractivity contribution >= 4 is 16.8 Å². The summed E-state index contributed by atoms with van der Waals surface area (Å²) in [7, 11) is 1.62. The number of rotatable bonds is 5. The van der Waals surface area contributed by atoms with Crippen LogP contribution in [-0.2, 0) is 0 Å². The zero-order valence-electron chi connectivity index (χ0n) is 14.7. The Morgan fingerprint density at radius 3 is 2.64 bits per heavy atom. The lowest BCUT2D eigenvalue weighted by Gasteiger charge is -2.19. The summed E-state index contributed by atoms with van der Waals surface area (Å²) in [4.78, 5) is 21.4. The van der Waals surface area contributed by atoms with Crippen LogP contribution in [0.2, 0.25) is 0 Å². The number of fused-ring (bicyclic) bond motifs is 1. The fraction of sp³-hybridized carbons (Fsp3) is 0.333. The SMILES string of the molecule is COc1ccc2nc(C(=O)N[C@H](c3n[nH]c(C)n3)C(C)C)ccc2c1. The van der Waals surface area contributed by atoms with E-state index in [-0.39, 0.29) is 17.9 Å². The first kappa shape index (κ1) is 16.9. The summed E-state index contributed by atoms with van der Waals surface area (Å²) in [5, 5.41) is 10.9. The van der Waals surface area contributed by atoms with Crippen molar-refractivity contribution in [2.24, 2.45) is 5.92 Å². The molecule has 2 aromatic heterocycles. The predicted molar refractivity (Wildman–Crippen MR) is 94.5 cm³/mol. The van der Waals surface area contributed by atoms with Crippen LogP contribution in [0.3, 0.4) is 0 Å². The van der Waals surface area contributed by atoms with Crippen LogP contribution in [0.4, 0.5) is 0 Å². The Balaban J connectivity index is 1.85. The summed E-state index contributed by atoms with van der Waals surface area (Å²) in [5.41, 5.74) is 1.10. The summed E-state index contributed by atoms with van der Waals surface area (Å²) in [6.07, 6.45) is 0. The van der Waals surface area contributed by atoms with Crippen LogP contribution in [-0.4, -0.2) is 33.2 Å². The van der Waals surface area contributed by atoms with Gasteiger partial charge in [0.2, 0.25) is 0 Å². The molecule has 0 fully saturated rings. The standard InChI is InChI=1S/C18H21N5O2/c1-10(2)16(17-19-11(3)22-23-17)21-18(24)15-7-5-12-9-13(25-4)6-8-14(12)20-15/h5-10,16H,1-4H3,(H,21,24)(H,19,22,23)/t16-/m0/s1. The predicted octanol–water partition coefficient (Wildman–Crippen LogP) is 2.80. The molecular weight excluding hydrogens is 318 g/mol. The van der Waals surface area contributed by atoms with Crippen molar-refractivity contribution < 1.29 is 9.53 Å². The fourth-order valence-corrected chi connectivity index (χ4v) is 2.60. The van der Waals surface area contributed by atoms with Gasteiger partial charge in [-0.25, -0.2) is 9.97 Å². The normalized spacial score (nSPS) is 12.4. The molecule has 0 saturated heterocycles. The minimum atomic E-state index is -0.286. The van der Waals surface area contributed by atoms with Crippen molar-refractivity contribution in [3.63, 3.8) is 0 Å². The molecule has 7 nitrogen and oxygen atoms in total. The van der Waals surface area contributed by atoms with Crippen molar-refractivity contribution in [2.45, 2.75) is 26.8 Å². The summed E-state index contributed by atoms with van der Waals surface area (Å²) in [6.45, 7) is 5.85. The molecule has 130 valence electrons. The highest BCUT2D eigenvalue weighted by Gasteiger charge is 2.23. The number of carbonyl (C=O) groups is 1. The Labute approximate surface area is 145 Å². The molecule has 1 amide bonds. The van der Waals surface area contributed by atoms with Crippen molar-refractivity contribution in [3.05, 3.63) is 47.7 Å². The number of aromatic amines is 1. The van der Waals surface area contributed by atoms with E-state index in [1.165, 1.54) is 0 Å². The molecule has 3 rings (SSSR count). The number of H-pyrrole nitrogens is 1. The maximum absolute atomic E-state index is 12.6. The molecular formula is C18H21N5O2. The first-order chi connectivity index (χ1) is 12.0. The smallest absolute Gasteiger partial charge is 0.270 e. The monoisotopic (exact) mass is 339 g/mol. The number of pyridine rings is 1. The summed E-state index contributed by atoms with van der Waals surface area (Å²) in [5.74, 6) is 1.94. The van der Waals surface area contributed by atoms with Crippen LogP contribution in [0.25, 0.3) is 10.9 Å². The lowest BCUT2D eigenvalue weighted by molar-refractivity contribution is 0.0918. The van der Waals surface area contributed by atoms with Gasteiger partial charge in [0.15, 0.2) is 5.82 Å². The van der Waals surface area contributed by atoms with Gasteiger partial charge in [-0.1, -0.05) is 19.9 Å². The topological polar surface area (TPSA) is 92.8 Å². The molecule has 3 aromatic rings. The zero-order valence-corrected chi connectivity index (χ0v) is 14.7. The van der Waals surface area contributed by atoms with Crippen molar-refractivity contribution in [1.82, 2.24) is 25.5 Å². The zero-order chi connectivity index (χ0) is 18.0. The molecule has 0 aliphatic carbocycles. The number of nitrogens with zero attached hydrogens (tertiary/aromatic N) is 3. The second-order valence-corrected chi connectivity index (χ2v) is 6.23. The average Bonchev–Trinajstić information content (AvgIpc) is 3.04. The van der Waals surface area contributed by atoms with E-state index in [4.69, 9.17) is 4.74 Å². The second-order valence-electron chi connectivity index (χ2n) is 6.23. The number of amides is 1. The first-order valence-corrected chi connectivity index (χ1v) is 8.12. The number of nitrogens with one attached hydrogen (secondary N) is 2. The van der Waals surface area contributed by atoms with Gasteiger partial charge in [0.1, 0.15) is 17.3 Å². The number of aromatic nitrogens is 4. The number of hydrogen-bond acceptors (Lipinski definition) is 5. The molecule has 25 heavy (non-hydrogen) atoms. The van der Waals surface area contributed by atoms with E-state index in [0.717, 1.165) is 16.7 Å². The maximum Gasteiger partial charge on any atom is 0.270 e. The third-order valence-electron chi connectivity index (χ3n) is 3.97. The van der Waals surface area contributed by atoms with Crippen LogP contribution in [0.5, 0.6) is 5.75 Å². The Morgan fingerprint density at radius 1 is 1.20 bits per heavy atom. The van der Waals surface area contributed by atoms with E-state index >= 15 is 0 Å². The van der Waals surface area contributed by atoms with Crippen molar-refractivity contribution in [1.29, 1.82) is 0 Å². The Bertz CT molecular complexity index is 903. The molecule has 2 heterocycles. The van der Waals surface area contributed by atoms with Gasteiger partial charge in [0.05, 0.1) is 18.7 Å². The maximum atomic E-state index is 12.6. The van der Waals surface area contributed by atoms with Gasteiger partial charge in [0.25, 0.3) is 5.91 Å². The average molecular weight is 339 g/mol. The van der Waals surface area contributed by atoms with Gasteiger partial charge >= 0.3 is 0 Å². The lowest BCUT2D eigenvalue weighted by Crippen LogP contribution is -2.33. The minimum absolute atomic E-state index is 0.142. The third kappa shape index (κ3) is 3.60. The second kappa shape index (κ2) is 6.88. The quantitative estimate of drug-likeness (QED) is 0.745. The molecule has 0 spiro atoms. The highest BCUT2D eigenvalue weighted by molar-refractivity contribution is 5.95. The number of carbonyl (C=O) groups excluding carboxylic acids is 1. The largest absolute Gasteiger partial charge is 0.497 e. The molecule has 0 radical (unpaired) electrons. The number of aryl methyl sites for hydroxylation is 1. The van der Waals surface area contributed by atoms with Gasteiger partial charge in [0, 0.05) is 5.39 Å². The number of benzene rings is 1. The summed E-state index contributed by atoms with van der Waals surface area (Å²) >= 11 is 0. The van der Waals surface area contributed by atoms with E-state index in [9.17, 15) is 4.79 Å². The van der Waals surface area contributed by atoms with Gasteiger partial charge in [-0.05, 0) is 37.1 Å². The van der Waals surface area contributed by atoms with Crippen LogP contribution in [0.15, 0.2) is 30.3 Å². The number of hydrogen-bond donors (Lipinski definition) is 2. The summed E-state index contributed by atoms with van der Waals surface area (Å²) in [6, 6.07) is 8.83.